The molecular formula is C16H22N4O. The van der Waals surface area contributed by atoms with Crippen LogP contribution in [-0.4, -0.2) is 29.3 Å². The molecule has 5 heteroatoms. The fourth-order valence-corrected chi connectivity index (χ4v) is 2.31. The number of aromatic nitrogens is 2. The predicted molar refractivity (Wildman–Crippen MR) is 84.6 cm³/mol. The SMILES string of the molecule is CCc1nn(C)cc1NC(=O)c1ccccc1CCNC. The van der Waals surface area contributed by atoms with Gasteiger partial charge in [-0.15, -0.1) is 0 Å². The number of aryl methyl sites for hydroxylation is 2. The molecule has 0 saturated heterocycles. The van der Waals surface area contributed by atoms with Crippen LogP contribution in [0.1, 0.15) is 28.5 Å². The molecule has 21 heavy (non-hydrogen) atoms. The monoisotopic (exact) mass is 286 g/mol. The summed E-state index contributed by atoms with van der Waals surface area (Å²) in [5.74, 6) is -0.0793. The zero-order chi connectivity index (χ0) is 15.2. The van der Waals surface area contributed by atoms with Crippen LogP contribution in [0.3, 0.4) is 0 Å². The standard InChI is InChI=1S/C16H22N4O/c1-4-14-15(11-20(3)19-14)18-16(21)13-8-6-5-7-12(13)9-10-17-2/h5-8,11,17H,4,9-10H2,1-3H3,(H,18,21). The van der Waals surface area contributed by atoms with Crippen LogP contribution in [-0.2, 0) is 19.9 Å². The maximum Gasteiger partial charge on any atom is 0.256 e. The summed E-state index contributed by atoms with van der Waals surface area (Å²) in [5, 5.41) is 10.4. The van der Waals surface area contributed by atoms with Crippen molar-refractivity contribution < 1.29 is 4.79 Å². The lowest BCUT2D eigenvalue weighted by molar-refractivity contribution is 0.102. The summed E-state index contributed by atoms with van der Waals surface area (Å²) in [6.07, 6.45) is 3.46. The molecule has 2 N–H and O–H groups in total. The highest BCUT2D eigenvalue weighted by Crippen LogP contribution is 2.17. The summed E-state index contributed by atoms with van der Waals surface area (Å²) in [6.45, 7) is 2.87. The van der Waals surface area contributed by atoms with Gasteiger partial charge in [-0.2, -0.15) is 5.10 Å². The van der Waals surface area contributed by atoms with Crippen LogP contribution in [0, 0.1) is 0 Å². The predicted octanol–water partition coefficient (Wildman–Crippen LogP) is 2.00. The van der Waals surface area contributed by atoms with Crippen LogP contribution in [0.5, 0.6) is 0 Å². The molecular weight excluding hydrogens is 264 g/mol. The number of rotatable bonds is 6. The van der Waals surface area contributed by atoms with Crippen molar-refractivity contribution in [3.05, 3.63) is 47.3 Å². The lowest BCUT2D eigenvalue weighted by Gasteiger charge is -2.09. The summed E-state index contributed by atoms with van der Waals surface area (Å²) in [7, 11) is 3.77. The van der Waals surface area contributed by atoms with Crippen molar-refractivity contribution in [3.63, 3.8) is 0 Å². The number of anilines is 1. The second kappa shape index (κ2) is 7.04. The molecule has 0 fully saturated rings. The third kappa shape index (κ3) is 3.70. The number of nitrogens with zero attached hydrogens (tertiary/aromatic N) is 2. The molecule has 0 saturated carbocycles. The van der Waals surface area contributed by atoms with E-state index >= 15 is 0 Å². The third-order valence-electron chi connectivity index (χ3n) is 3.39. The van der Waals surface area contributed by atoms with Crippen molar-refractivity contribution in [3.8, 4) is 0 Å². The Morgan fingerprint density at radius 3 is 2.81 bits per heavy atom. The Hall–Kier alpha value is -2.14. The lowest BCUT2D eigenvalue weighted by atomic mass is 10.0. The molecule has 0 bridgehead atoms. The van der Waals surface area contributed by atoms with E-state index < -0.39 is 0 Å². The van der Waals surface area contributed by atoms with E-state index in [0.717, 1.165) is 41.9 Å². The van der Waals surface area contributed by atoms with Crippen molar-refractivity contribution in [2.45, 2.75) is 19.8 Å². The Bertz CT molecular complexity index is 618. The highest BCUT2D eigenvalue weighted by atomic mass is 16.1. The first-order valence-corrected chi connectivity index (χ1v) is 7.22. The van der Waals surface area contributed by atoms with Crippen molar-refractivity contribution in [1.29, 1.82) is 0 Å². The molecule has 1 aromatic heterocycles. The molecule has 0 aliphatic heterocycles. The van der Waals surface area contributed by atoms with E-state index in [9.17, 15) is 4.79 Å². The smallest absolute Gasteiger partial charge is 0.256 e. The average Bonchev–Trinajstić information content (AvgIpc) is 2.85. The molecule has 5 nitrogen and oxygen atoms in total. The van der Waals surface area contributed by atoms with Crippen molar-refractivity contribution >= 4 is 11.6 Å². The molecule has 1 heterocycles. The maximum absolute atomic E-state index is 12.5. The van der Waals surface area contributed by atoms with Crippen LogP contribution >= 0.6 is 0 Å². The van der Waals surface area contributed by atoms with Gasteiger partial charge < -0.3 is 10.6 Å². The molecule has 112 valence electrons. The van der Waals surface area contributed by atoms with Gasteiger partial charge in [-0.1, -0.05) is 25.1 Å². The quantitative estimate of drug-likeness (QED) is 0.854. The number of benzene rings is 1. The minimum atomic E-state index is -0.0793. The first-order valence-electron chi connectivity index (χ1n) is 7.22. The first kappa shape index (κ1) is 15.3. The van der Waals surface area contributed by atoms with E-state index in [1.807, 2.05) is 51.5 Å². The van der Waals surface area contributed by atoms with Gasteiger partial charge in [-0.25, -0.2) is 0 Å². The lowest BCUT2D eigenvalue weighted by Crippen LogP contribution is -2.17. The summed E-state index contributed by atoms with van der Waals surface area (Å²) >= 11 is 0. The molecule has 2 rings (SSSR count). The van der Waals surface area contributed by atoms with Gasteiger partial charge in [0.05, 0.1) is 11.4 Å². The highest BCUT2D eigenvalue weighted by Gasteiger charge is 2.14. The van der Waals surface area contributed by atoms with Crippen LogP contribution in [0.2, 0.25) is 0 Å². The molecule has 2 aromatic rings. The summed E-state index contributed by atoms with van der Waals surface area (Å²) < 4.78 is 1.72. The number of likely N-dealkylation sites (N-methyl/N-ethyl adjacent to an activating group) is 1. The summed E-state index contributed by atoms with van der Waals surface area (Å²) in [6, 6.07) is 7.71. The number of amides is 1. The molecule has 0 unspecified atom stereocenters. The molecule has 0 aliphatic carbocycles. The molecule has 1 aromatic carbocycles. The summed E-state index contributed by atoms with van der Waals surface area (Å²) in [5.41, 5.74) is 3.46. The molecule has 0 aliphatic rings. The van der Waals surface area contributed by atoms with Crippen molar-refractivity contribution in [2.75, 3.05) is 18.9 Å². The second-order valence-electron chi connectivity index (χ2n) is 4.98. The fourth-order valence-electron chi connectivity index (χ4n) is 2.31. The minimum absolute atomic E-state index is 0.0793. The normalized spacial score (nSPS) is 10.6. The van der Waals surface area contributed by atoms with Gasteiger partial charge in [0.2, 0.25) is 0 Å². The number of hydrogen-bond donors (Lipinski definition) is 2. The zero-order valence-electron chi connectivity index (χ0n) is 12.8. The van der Waals surface area contributed by atoms with Crippen LogP contribution in [0.15, 0.2) is 30.5 Å². The van der Waals surface area contributed by atoms with Gasteiger partial charge in [0.1, 0.15) is 0 Å². The van der Waals surface area contributed by atoms with E-state index in [2.05, 4.69) is 15.7 Å². The maximum atomic E-state index is 12.5. The van der Waals surface area contributed by atoms with Gasteiger partial charge in [0.15, 0.2) is 0 Å². The van der Waals surface area contributed by atoms with E-state index in [4.69, 9.17) is 0 Å². The Labute approximate surface area is 125 Å². The highest BCUT2D eigenvalue weighted by molar-refractivity contribution is 6.05. The fraction of sp³-hybridized carbons (Fsp3) is 0.375. The molecule has 0 spiro atoms. The van der Waals surface area contributed by atoms with Gasteiger partial charge in [0.25, 0.3) is 5.91 Å². The van der Waals surface area contributed by atoms with Crippen LogP contribution < -0.4 is 10.6 Å². The van der Waals surface area contributed by atoms with Gasteiger partial charge in [0, 0.05) is 18.8 Å². The van der Waals surface area contributed by atoms with E-state index in [1.165, 1.54) is 0 Å². The van der Waals surface area contributed by atoms with Gasteiger partial charge >= 0.3 is 0 Å². The first-order chi connectivity index (χ1) is 10.2. The average molecular weight is 286 g/mol. The van der Waals surface area contributed by atoms with Crippen LogP contribution in [0.25, 0.3) is 0 Å². The topological polar surface area (TPSA) is 59.0 Å². The Morgan fingerprint density at radius 1 is 1.33 bits per heavy atom. The third-order valence-corrected chi connectivity index (χ3v) is 3.39. The van der Waals surface area contributed by atoms with Gasteiger partial charge in [-0.05, 0) is 38.1 Å². The van der Waals surface area contributed by atoms with Crippen LogP contribution in [0.4, 0.5) is 5.69 Å². The van der Waals surface area contributed by atoms with E-state index in [1.54, 1.807) is 4.68 Å². The van der Waals surface area contributed by atoms with E-state index in [-0.39, 0.29) is 5.91 Å². The molecule has 1 amide bonds. The number of carbonyl (C=O) groups is 1. The largest absolute Gasteiger partial charge is 0.319 e. The van der Waals surface area contributed by atoms with Gasteiger partial charge in [-0.3, -0.25) is 9.48 Å². The Kier molecular flexibility index (Phi) is 5.11. The number of carbonyl (C=O) groups excluding carboxylic acids is 1. The Balaban J connectivity index is 2.20. The minimum Gasteiger partial charge on any atom is -0.319 e. The van der Waals surface area contributed by atoms with Crippen molar-refractivity contribution in [2.24, 2.45) is 7.05 Å². The van der Waals surface area contributed by atoms with E-state index in [0.29, 0.717) is 0 Å². The molecule has 0 atom stereocenters. The Morgan fingerprint density at radius 2 is 2.10 bits per heavy atom. The second-order valence-corrected chi connectivity index (χ2v) is 4.98. The zero-order valence-corrected chi connectivity index (χ0v) is 12.8. The molecule has 0 radical (unpaired) electrons. The number of nitrogens with one attached hydrogen (secondary N) is 2. The van der Waals surface area contributed by atoms with Crippen molar-refractivity contribution in [1.82, 2.24) is 15.1 Å². The number of hydrogen-bond acceptors (Lipinski definition) is 3. The summed E-state index contributed by atoms with van der Waals surface area (Å²) in [4.78, 5) is 12.5.